The number of halogens is 2. The number of rotatable bonds is 4. The highest BCUT2D eigenvalue weighted by Gasteiger charge is 2.25. The maximum absolute atomic E-state index is 14.9. The van der Waals surface area contributed by atoms with Crippen molar-refractivity contribution in [1.82, 2.24) is 14.5 Å². The van der Waals surface area contributed by atoms with E-state index in [9.17, 15) is 13.6 Å². The Labute approximate surface area is 168 Å². The minimum Gasteiger partial charge on any atom is -0.319 e. The van der Waals surface area contributed by atoms with Crippen LogP contribution in [0.25, 0.3) is 28.5 Å². The average molecular weight is 395 g/mol. The number of carbonyl (C=O) groups excluding carboxylic acids is 1. The monoisotopic (exact) mass is 395 g/mol. The van der Waals surface area contributed by atoms with Gasteiger partial charge in [0.15, 0.2) is 5.78 Å². The van der Waals surface area contributed by atoms with Gasteiger partial charge in [-0.3, -0.25) is 4.79 Å². The van der Waals surface area contributed by atoms with Crippen molar-refractivity contribution in [3.63, 3.8) is 0 Å². The summed E-state index contributed by atoms with van der Waals surface area (Å²) in [6, 6.07) is 9.34. The van der Waals surface area contributed by atoms with E-state index in [4.69, 9.17) is 0 Å². The molecule has 1 atom stereocenters. The van der Waals surface area contributed by atoms with Crippen molar-refractivity contribution in [3.05, 3.63) is 59.7 Å². The van der Waals surface area contributed by atoms with Gasteiger partial charge >= 0.3 is 0 Å². The number of likely N-dealkylation sites (tertiary alicyclic amines) is 1. The van der Waals surface area contributed by atoms with Crippen molar-refractivity contribution in [2.24, 2.45) is 0 Å². The Balaban J connectivity index is 1.90. The molecule has 6 heteroatoms. The largest absolute Gasteiger partial charge is 0.319 e. The summed E-state index contributed by atoms with van der Waals surface area (Å²) in [5.41, 5.74) is 2.37. The number of nitrogens with zero attached hydrogens (tertiary/aromatic N) is 3. The molecule has 3 aromatic rings. The first-order valence-corrected chi connectivity index (χ1v) is 9.77. The Morgan fingerprint density at radius 2 is 2.03 bits per heavy atom. The predicted octanol–water partition coefficient (Wildman–Crippen LogP) is 4.85. The maximum Gasteiger partial charge on any atom is 0.152 e. The SMILES string of the molecule is CC(=O)/C=C/c1ccc(F)c(-c2nc3cc(F)ccc3n2C2CCCN(C)C2)c1. The zero-order chi connectivity index (χ0) is 20.5. The second kappa shape index (κ2) is 7.87. The standard InChI is InChI=1S/C23H23F2N3O/c1-15(29)5-6-16-7-9-20(25)19(12-16)23-26-21-13-17(24)8-10-22(21)28(23)18-4-3-11-27(2)14-18/h5-10,12-13,18H,3-4,11,14H2,1-2H3/b6-5+. The fourth-order valence-electron chi connectivity index (χ4n) is 4.01. The van der Waals surface area contributed by atoms with Crippen LogP contribution in [0.1, 0.15) is 31.4 Å². The van der Waals surface area contributed by atoms with Crippen LogP contribution in [0.3, 0.4) is 0 Å². The summed E-state index contributed by atoms with van der Waals surface area (Å²) < 4.78 is 30.7. The van der Waals surface area contributed by atoms with Crippen LogP contribution in [-0.4, -0.2) is 40.4 Å². The predicted molar refractivity (Wildman–Crippen MR) is 111 cm³/mol. The molecule has 1 aromatic heterocycles. The first-order chi connectivity index (χ1) is 13.9. The number of ketones is 1. The molecule has 1 fully saturated rings. The van der Waals surface area contributed by atoms with Crippen LogP contribution in [0.2, 0.25) is 0 Å². The third kappa shape index (κ3) is 3.98. The van der Waals surface area contributed by atoms with Crippen molar-refractivity contribution >= 4 is 22.9 Å². The van der Waals surface area contributed by atoms with Gasteiger partial charge in [-0.05, 0) is 69.3 Å². The van der Waals surface area contributed by atoms with Gasteiger partial charge < -0.3 is 9.47 Å². The molecular weight excluding hydrogens is 372 g/mol. The molecule has 1 unspecified atom stereocenters. The van der Waals surface area contributed by atoms with E-state index in [0.29, 0.717) is 22.5 Å². The van der Waals surface area contributed by atoms with Crippen LogP contribution < -0.4 is 0 Å². The van der Waals surface area contributed by atoms with E-state index < -0.39 is 5.82 Å². The molecule has 0 bridgehead atoms. The van der Waals surface area contributed by atoms with E-state index in [2.05, 4.69) is 16.9 Å². The fraction of sp³-hybridized carbons (Fsp3) is 0.304. The van der Waals surface area contributed by atoms with Gasteiger partial charge in [-0.15, -0.1) is 0 Å². The number of aromatic nitrogens is 2. The van der Waals surface area contributed by atoms with Crippen LogP contribution in [0, 0.1) is 11.6 Å². The average Bonchev–Trinajstić information content (AvgIpc) is 3.05. The zero-order valence-electron chi connectivity index (χ0n) is 16.5. The number of allylic oxidation sites excluding steroid dienone is 1. The number of fused-ring (bicyclic) bond motifs is 1. The minimum absolute atomic E-state index is 0.0798. The highest BCUT2D eigenvalue weighted by molar-refractivity contribution is 5.91. The van der Waals surface area contributed by atoms with E-state index in [0.717, 1.165) is 31.4 Å². The van der Waals surface area contributed by atoms with Crippen LogP contribution in [0.4, 0.5) is 8.78 Å². The Bertz CT molecular complexity index is 1100. The van der Waals surface area contributed by atoms with E-state index in [1.54, 1.807) is 24.3 Å². The maximum atomic E-state index is 14.9. The van der Waals surface area contributed by atoms with Gasteiger partial charge in [0.05, 0.1) is 16.6 Å². The van der Waals surface area contributed by atoms with E-state index in [1.165, 1.54) is 31.2 Å². The summed E-state index contributed by atoms with van der Waals surface area (Å²) in [6.07, 6.45) is 5.09. The number of benzene rings is 2. The zero-order valence-corrected chi connectivity index (χ0v) is 16.5. The quantitative estimate of drug-likeness (QED) is 0.593. The Morgan fingerprint density at radius 1 is 1.21 bits per heavy atom. The second-order valence-electron chi connectivity index (χ2n) is 7.68. The lowest BCUT2D eigenvalue weighted by Gasteiger charge is -2.32. The lowest BCUT2D eigenvalue weighted by atomic mass is 10.0. The summed E-state index contributed by atoms with van der Waals surface area (Å²) >= 11 is 0. The molecule has 0 saturated carbocycles. The minimum atomic E-state index is -0.397. The van der Waals surface area contributed by atoms with Crippen molar-refractivity contribution < 1.29 is 13.6 Å². The van der Waals surface area contributed by atoms with Gasteiger partial charge in [-0.2, -0.15) is 0 Å². The number of carbonyl (C=O) groups is 1. The molecule has 0 spiro atoms. The number of hydrogen-bond donors (Lipinski definition) is 0. The topological polar surface area (TPSA) is 38.1 Å². The van der Waals surface area contributed by atoms with Crippen LogP contribution in [0.5, 0.6) is 0 Å². The lowest BCUT2D eigenvalue weighted by Crippen LogP contribution is -2.33. The summed E-state index contributed by atoms with van der Waals surface area (Å²) in [5, 5.41) is 0. The normalized spacial score (nSPS) is 18.0. The van der Waals surface area contributed by atoms with Crippen molar-refractivity contribution in [2.75, 3.05) is 20.1 Å². The first-order valence-electron chi connectivity index (χ1n) is 9.77. The molecular formula is C23H23F2N3O. The van der Waals surface area contributed by atoms with Gasteiger partial charge in [-0.1, -0.05) is 12.1 Å². The molecule has 150 valence electrons. The lowest BCUT2D eigenvalue weighted by molar-refractivity contribution is -0.112. The molecule has 1 saturated heterocycles. The molecule has 0 amide bonds. The van der Waals surface area contributed by atoms with Crippen LogP contribution in [-0.2, 0) is 4.79 Å². The van der Waals surface area contributed by atoms with Gasteiger partial charge in [-0.25, -0.2) is 13.8 Å². The molecule has 4 rings (SSSR count). The molecule has 0 radical (unpaired) electrons. The van der Waals surface area contributed by atoms with Crippen LogP contribution in [0.15, 0.2) is 42.5 Å². The third-order valence-electron chi connectivity index (χ3n) is 5.36. The van der Waals surface area contributed by atoms with E-state index >= 15 is 0 Å². The van der Waals surface area contributed by atoms with E-state index in [-0.39, 0.29) is 17.6 Å². The van der Waals surface area contributed by atoms with Crippen LogP contribution >= 0.6 is 0 Å². The number of likely N-dealkylation sites (N-methyl/N-ethyl adjacent to an activating group) is 1. The fourth-order valence-corrected chi connectivity index (χ4v) is 4.01. The number of hydrogen-bond acceptors (Lipinski definition) is 3. The van der Waals surface area contributed by atoms with Crippen molar-refractivity contribution in [1.29, 1.82) is 0 Å². The first kappa shape index (κ1) is 19.5. The number of piperidine rings is 1. The smallest absolute Gasteiger partial charge is 0.152 e. The summed E-state index contributed by atoms with van der Waals surface area (Å²) in [7, 11) is 2.07. The van der Waals surface area contributed by atoms with Crippen molar-refractivity contribution in [2.45, 2.75) is 25.8 Å². The molecule has 1 aliphatic rings. The Hall–Kier alpha value is -2.86. The summed E-state index contributed by atoms with van der Waals surface area (Å²) in [4.78, 5) is 18.1. The molecule has 0 N–H and O–H groups in total. The number of imidazole rings is 1. The summed E-state index contributed by atoms with van der Waals surface area (Å²) in [5.74, 6) is -0.357. The third-order valence-corrected chi connectivity index (χ3v) is 5.36. The Kier molecular flexibility index (Phi) is 5.28. The molecule has 4 nitrogen and oxygen atoms in total. The van der Waals surface area contributed by atoms with Gasteiger partial charge in [0.1, 0.15) is 17.5 Å². The second-order valence-corrected chi connectivity index (χ2v) is 7.68. The van der Waals surface area contributed by atoms with Gasteiger partial charge in [0, 0.05) is 18.7 Å². The Morgan fingerprint density at radius 3 is 2.79 bits per heavy atom. The molecule has 0 aliphatic carbocycles. The summed E-state index contributed by atoms with van der Waals surface area (Å²) in [6.45, 7) is 3.31. The molecule has 29 heavy (non-hydrogen) atoms. The van der Waals surface area contributed by atoms with Crippen molar-refractivity contribution in [3.8, 4) is 11.4 Å². The highest BCUT2D eigenvalue weighted by atomic mass is 19.1. The van der Waals surface area contributed by atoms with E-state index in [1.807, 2.05) is 4.57 Å². The molecule has 2 aromatic carbocycles. The molecule has 1 aliphatic heterocycles. The van der Waals surface area contributed by atoms with Gasteiger partial charge in [0.25, 0.3) is 0 Å². The van der Waals surface area contributed by atoms with Gasteiger partial charge in [0.2, 0.25) is 0 Å². The highest BCUT2D eigenvalue weighted by Crippen LogP contribution is 2.34. The molecule has 2 heterocycles.